The van der Waals surface area contributed by atoms with Crippen molar-refractivity contribution >= 4 is 0 Å². The number of hydrogen-bond donors (Lipinski definition) is 0. The third-order valence-corrected chi connectivity index (χ3v) is 5.80. The highest BCUT2D eigenvalue weighted by Crippen LogP contribution is 2.38. The summed E-state index contributed by atoms with van der Waals surface area (Å²) in [6.45, 7) is 6.77. The summed E-state index contributed by atoms with van der Waals surface area (Å²) in [5.41, 5.74) is 2.54. The molecule has 3 heterocycles. The molecule has 4 rings (SSSR count). The van der Waals surface area contributed by atoms with E-state index in [1.54, 1.807) is 0 Å². The minimum absolute atomic E-state index is 0.327. The molecule has 6 heteroatoms. The summed E-state index contributed by atoms with van der Waals surface area (Å²) < 4.78 is 13.1. The Hall–Kier alpha value is -2.05. The Bertz CT molecular complexity index is 775. The van der Waals surface area contributed by atoms with Crippen LogP contribution in [0.1, 0.15) is 36.9 Å². The van der Waals surface area contributed by atoms with E-state index >= 15 is 0 Å². The van der Waals surface area contributed by atoms with Crippen LogP contribution in [0.2, 0.25) is 0 Å². The number of likely N-dealkylation sites (tertiary alicyclic amines) is 1. The van der Waals surface area contributed by atoms with E-state index in [0.717, 1.165) is 31.1 Å². The molecule has 0 amide bonds. The fraction of sp³-hybridized carbons (Fsp3) is 0.571. The Morgan fingerprint density at radius 2 is 2.19 bits per heavy atom. The highest BCUT2D eigenvalue weighted by atomic mass is 16.7. The monoisotopic (exact) mass is 370 g/mol. The second-order valence-electron chi connectivity index (χ2n) is 7.77. The highest BCUT2D eigenvalue weighted by molar-refractivity contribution is 5.48. The molecule has 0 aliphatic carbocycles. The van der Waals surface area contributed by atoms with Crippen molar-refractivity contribution in [2.45, 2.75) is 32.4 Å². The van der Waals surface area contributed by atoms with Gasteiger partial charge in [0.25, 0.3) is 0 Å². The molecule has 146 valence electrons. The molecule has 2 aromatic rings. The minimum atomic E-state index is 0.327. The number of nitrogens with zero attached hydrogens (tertiary/aromatic N) is 4. The van der Waals surface area contributed by atoms with Crippen LogP contribution in [0.5, 0.6) is 11.5 Å². The Morgan fingerprint density at radius 1 is 1.30 bits per heavy atom. The SMILES string of the molecule is CCN1CCC[C@@H](CN(C)Cc2cccc3c2OCO3)[C@@H]1c1cnn(C)c1. The van der Waals surface area contributed by atoms with E-state index in [-0.39, 0.29) is 0 Å². The van der Waals surface area contributed by atoms with Crippen LogP contribution in [0.4, 0.5) is 0 Å². The van der Waals surface area contributed by atoms with Crippen LogP contribution in [0.3, 0.4) is 0 Å². The van der Waals surface area contributed by atoms with E-state index < -0.39 is 0 Å². The lowest BCUT2D eigenvalue weighted by atomic mass is 9.85. The minimum Gasteiger partial charge on any atom is -0.454 e. The molecule has 6 nitrogen and oxygen atoms in total. The number of ether oxygens (including phenoxy) is 2. The first-order valence-corrected chi connectivity index (χ1v) is 9.94. The predicted octanol–water partition coefficient (Wildman–Crippen LogP) is 3.05. The molecule has 0 saturated carbocycles. The highest BCUT2D eigenvalue weighted by Gasteiger charge is 2.33. The number of rotatable bonds is 6. The van der Waals surface area contributed by atoms with Crippen molar-refractivity contribution < 1.29 is 9.47 Å². The maximum absolute atomic E-state index is 5.68. The fourth-order valence-corrected chi connectivity index (χ4v) is 4.64. The van der Waals surface area contributed by atoms with Gasteiger partial charge in [-0.15, -0.1) is 0 Å². The van der Waals surface area contributed by atoms with Crippen molar-refractivity contribution in [3.8, 4) is 11.5 Å². The first-order valence-electron chi connectivity index (χ1n) is 9.94. The number of aryl methyl sites for hydroxylation is 1. The second-order valence-corrected chi connectivity index (χ2v) is 7.77. The Kier molecular flexibility index (Phi) is 5.36. The van der Waals surface area contributed by atoms with E-state index in [9.17, 15) is 0 Å². The Labute approximate surface area is 161 Å². The van der Waals surface area contributed by atoms with Gasteiger partial charge in [-0.05, 0) is 45.0 Å². The van der Waals surface area contributed by atoms with Gasteiger partial charge in [0.15, 0.2) is 11.5 Å². The van der Waals surface area contributed by atoms with E-state index in [1.807, 2.05) is 24.0 Å². The third-order valence-electron chi connectivity index (χ3n) is 5.80. The number of piperidine rings is 1. The molecule has 1 fully saturated rings. The maximum atomic E-state index is 5.68. The molecular formula is C21H30N4O2. The first kappa shape index (κ1) is 18.3. The van der Waals surface area contributed by atoms with Crippen molar-refractivity contribution in [2.75, 3.05) is 33.5 Å². The smallest absolute Gasteiger partial charge is 0.231 e. The summed E-state index contributed by atoms with van der Waals surface area (Å²) in [4.78, 5) is 5.03. The Balaban J connectivity index is 1.49. The third kappa shape index (κ3) is 3.82. The van der Waals surface area contributed by atoms with Crippen LogP contribution in [0.25, 0.3) is 0 Å². The van der Waals surface area contributed by atoms with Crippen molar-refractivity contribution in [3.05, 3.63) is 41.7 Å². The first-order chi connectivity index (χ1) is 13.2. The standard InChI is InChI=1S/C21H30N4O2/c1-4-25-10-6-8-16(20(25)18-11-22-24(3)14-18)12-23(2)13-17-7-5-9-19-21(17)27-15-26-19/h5,7,9,11,14,16,20H,4,6,8,10,12-13,15H2,1-3H3/t16-,20+/m0/s1. The van der Waals surface area contributed by atoms with Crippen LogP contribution >= 0.6 is 0 Å². The van der Waals surface area contributed by atoms with E-state index in [2.05, 4.69) is 47.2 Å². The summed E-state index contributed by atoms with van der Waals surface area (Å²) in [5, 5.41) is 4.43. The Morgan fingerprint density at radius 3 is 2.96 bits per heavy atom. The van der Waals surface area contributed by atoms with Crippen LogP contribution < -0.4 is 9.47 Å². The van der Waals surface area contributed by atoms with Gasteiger partial charge in [0, 0.05) is 43.5 Å². The average Bonchev–Trinajstić information content (AvgIpc) is 3.31. The summed E-state index contributed by atoms with van der Waals surface area (Å²) in [7, 11) is 4.21. The molecule has 2 aliphatic heterocycles. The van der Waals surface area contributed by atoms with Crippen molar-refractivity contribution in [2.24, 2.45) is 13.0 Å². The topological polar surface area (TPSA) is 42.8 Å². The molecule has 0 N–H and O–H groups in total. The molecule has 0 unspecified atom stereocenters. The normalized spacial score (nSPS) is 22.5. The van der Waals surface area contributed by atoms with E-state index in [1.165, 1.54) is 30.5 Å². The van der Waals surface area contributed by atoms with Gasteiger partial charge in [0.1, 0.15) is 0 Å². The molecule has 1 saturated heterocycles. The number of benzene rings is 1. The zero-order valence-electron chi connectivity index (χ0n) is 16.6. The van der Waals surface area contributed by atoms with Gasteiger partial charge in [-0.2, -0.15) is 5.10 Å². The van der Waals surface area contributed by atoms with Gasteiger partial charge in [0.2, 0.25) is 6.79 Å². The fourth-order valence-electron chi connectivity index (χ4n) is 4.64. The van der Waals surface area contributed by atoms with Gasteiger partial charge >= 0.3 is 0 Å². The number of aromatic nitrogens is 2. The lowest BCUT2D eigenvalue weighted by molar-refractivity contribution is 0.0747. The zero-order valence-corrected chi connectivity index (χ0v) is 16.6. The van der Waals surface area contributed by atoms with Crippen molar-refractivity contribution in [3.63, 3.8) is 0 Å². The molecule has 0 bridgehead atoms. The molecule has 1 aromatic carbocycles. The van der Waals surface area contributed by atoms with Crippen LogP contribution in [-0.2, 0) is 13.6 Å². The molecule has 27 heavy (non-hydrogen) atoms. The quantitative estimate of drug-likeness (QED) is 0.782. The molecule has 2 atom stereocenters. The van der Waals surface area contributed by atoms with Gasteiger partial charge in [-0.3, -0.25) is 9.58 Å². The molecule has 0 spiro atoms. The number of para-hydroxylation sites is 1. The van der Waals surface area contributed by atoms with E-state index in [4.69, 9.17) is 9.47 Å². The number of hydrogen-bond acceptors (Lipinski definition) is 5. The van der Waals surface area contributed by atoms with Crippen LogP contribution in [0, 0.1) is 5.92 Å². The summed E-state index contributed by atoms with van der Waals surface area (Å²) in [6, 6.07) is 6.61. The van der Waals surface area contributed by atoms with Gasteiger partial charge < -0.3 is 14.4 Å². The zero-order chi connectivity index (χ0) is 18.8. The van der Waals surface area contributed by atoms with Crippen LogP contribution in [-0.4, -0.2) is 53.1 Å². The molecule has 0 radical (unpaired) electrons. The molecular weight excluding hydrogens is 340 g/mol. The van der Waals surface area contributed by atoms with Gasteiger partial charge in [-0.25, -0.2) is 0 Å². The number of fused-ring (bicyclic) bond motifs is 1. The lowest BCUT2D eigenvalue weighted by Crippen LogP contribution is -2.42. The predicted molar refractivity (Wildman–Crippen MR) is 105 cm³/mol. The average molecular weight is 370 g/mol. The molecule has 1 aromatic heterocycles. The summed E-state index contributed by atoms with van der Waals surface area (Å²) in [6.07, 6.45) is 6.75. The van der Waals surface area contributed by atoms with Crippen LogP contribution in [0.15, 0.2) is 30.6 Å². The van der Waals surface area contributed by atoms with Crippen molar-refractivity contribution in [1.82, 2.24) is 19.6 Å². The largest absolute Gasteiger partial charge is 0.454 e. The summed E-state index contributed by atoms with van der Waals surface area (Å²) >= 11 is 0. The van der Waals surface area contributed by atoms with Gasteiger partial charge in [-0.1, -0.05) is 19.1 Å². The second kappa shape index (κ2) is 7.90. The van der Waals surface area contributed by atoms with Gasteiger partial charge in [0.05, 0.1) is 6.20 Å². The molecule has 2 aliphatic rings. The van der Waals surface area contributed by atoms with Crippen molar-refractivity contribution in [1.29, 1.82) is 0 Å². The lowest BCUT2D eigenvalue weighted by Gasteiger charge is -2.42. The van der Waals surface area contributed by atoms with E-state index in [0.29, 0.717) is 18.8 Å². The summed E-state index contributed by atoms with van der Waals surface area (Å²) in [5.74, 6) is 2.37. The maximum Gasteiger partial charge on any atom is 0.231 e.